The summed E-state index contributed by atoms with van der Waals surface area (Å²) < 4.78 is 8.39. The van der Waals surface area contributed by atoms with E-state index in [0.29, 0.717) is 0 Å². The Morgan fingerprint density at radius 3 is 2.33 bits per heavy atom. The number of aromatic nitrogens is 2. The average molecular weight is 391 g/mol. The summed E-state index contributed by atoms with van der Waals surface area (Å²) in [6, 6.07) is 8.11. The first-order valence-corrected chi connectivity index (χ1v) is 11.0. The molecule has 2 rings (SSSR count). The van der Waals surface area contributed by atoms with Crippen molar-refractivity contribution in [2.45, 2.75) is 83.8 Å². The molecule has 0 N–H and O–H groups in total. The standard InChI is InChI=1S/C23H35ClN2O/c1-2-3-4-5-6-7-8-9-19-27-23(21-12-14-22(24)15-13-21)11-10-17-26-18-16-25-20-26/h12-16,18,20,23H,2-11,17,19H2,1H3. The summed E-state index contributed by atoms with van der Waals surface area (Å²) in [5.74, 6) is 0. The summed E-state index contributed by atoms with van der Waals surface area (Å²) in [6.45, 7) is 4.09. The van der Waals surface area contributed by atoms with Crippen LogP contribution in [0.2, 0.25) is 5.02 Å². The van der Waals surface area contributed by atoms with Gasteiger partial charge in [0, 0.05) is 30.6 Å². The van der Waals surface area contributed by atoms with Crippen LogP contribution in [0.4, 0.5) is 0 Å². The van der Waals surface area contributed by atoms with Crippen LogP contribution in [0.15, 0.2) is 43.0 Å². The second kappa shape index (κ2) is 13.8. The Bertz CT molecular complexity index is 583. The van der Waals surface area contributed by atoms with Crippen molar-refractivity contribution in [2.24, 2.45) is 0 Å². The molecule has 0 fully saturated rings. The number of benzene rings is 1. The van der Waals surface area contributed by atoms with E-state index in [1.54, 1.807) is 0 Å². The molecule has 0 radical (unpaired) electrons. The van der Waals surface area contributed by atoms with E-state index in [9.17, 15) is 0 Å². The smallest absolute Gasteiger partial charge is 0.0945 e. The SMILES string of the molecule is CCCCCCCCCCOC(CCCn1ccnc1)c1ccc(Cl)cc1. The van der Waals surface area contributed by atoms with Gasteiger partial charge in [0.2, 0.25) is 0 Å². The summed E-state index contributed by atoms with van der Waals surface area (Å²) in [4.78, 5) is 4.11. The molecule has 4 heteroatoms. The Morgan fingerprint density at radius 2 is 1.67 bits per heavy atom. The van der Waals surface area contributed by atoms with Gasteiger partial charge in [0.05, 0.1) is 12.4 Å². The molecular formula is C23H35ClN2O. The first-order chi connectivity index (χ1) is 13.3. The second-order valence-electron chi connectivity index (χ2n) is 7.33. The minimum Gasteiger partial charge on any atom is -0.374 e. The number of hydrogen-bond acceptors (Lipinski definition) is 2. The molecule has 0 amide bonds. The van der Waals surface area contributed by atoms with Crippen LogP contribution in [0.3, 0.4) is 0 Å². The minimum atomic E-state index is 0.148. The number of rotatable bonds is 15. The van der Waals surface area contributed by atoms with Crippen molar-refractivity contribution in [3.05, 3.63) is 53.6 Å². The molecule has 0 saturated heterocycles. The molecule has 0 aliphatic rings. The fraction of sp³-hybridized carbons (Fsp3) is 0.609. The van der Waals surface area contributed by atoms with Gasteiger partial charge in [-0.3, -0.25) is 0 Å². The highest BCUT2D eigenvalue weighted by molar-refractivity contribution is 6.30. The highest BCUT2D eigenvalue weighted by atomic mass is 35.5. The fourth-order valence-corrected chi connectivity index (χ4v) is 3.49. The predicted molar refractivity (Wildman–Crippen MR) is 114 cm³/mol. The second-order valence-corrected chi connectivity index (χ2v) is 7.77. The van der Waals surface area contributed by atoms with E-state index in [2.05, 4.69) is 28.6 Å². The van der Waals surface area contributed by atoms with Crippen molar-refractivity contribution in [1.29, 1.82) is 0 Å². The van der Waals surface area contributed by atoms with Crippen molar-refractivity contribution in [3.63, 3.8) is 0 Å². The van der Waals surface area contributed by atoms with Gasteiger partial charge in [-0.15, -0.1) is 0 Å². The Kier molecular flexibility index (Phi) is 11.2. The third-order valence-electron chi connectivity index (χ3n) is 5.00. The topological polar surface area (TPSA) is 27.1 Å². The van der Waals surface area contributed by atoms with E-state index in [1.807, 2.05) is 30.9 Å². The number of aryl methyl sites for hydroxylation is 1. The maximum absolute atomic E-state index is 6.26. The van der Waals surface area contributed by atoms with Gasteiger partial charge < -0.3 is 9.30 Å². The lowest BCUT2D eigenvalue weighted by Gasteiger charge is -2.19. The van der Waals surface area contributed by atoms with Crippen molar-refractivity contribution < 1.29 is 4.74 Å². The van der Waals surface area contributed by atoms with Crippen molar-refractivity contribution in [1.82, 2.24) is 9.55 Å². The van der Waals surface area contributed by atoms with Crippen LogP contribution in [0.25, 0.3) is 0 Å². The Morgan fingerprint density at radius 1 is 0.963 bits per heavy atom. The summed E-state index contributed by atoms with van der Waals surface area (Å²) in [5.41, 5.74) is 1.23. The van der Waals surface area contributed by atoms with Crippen LogP contribution in [-0.4, -0.2) is 16.2 Å². The highest BCUT2D eigenvalue weighted by Crippen LogP contribution is 2.25. The molecule has 1 aromatic heterocycles. The molecule has 0 saturated carbocycles. The van der Waals surface area contributed by atoms with E-state index >= 15 is 0 Å². The van der Waals surface area contributed by atoms with Gasteiger partial charge in [-0.2, -0.15) is 0 Å². The monoisotopic (exact) mass is 390 g/mol. The lowest BCUT2D eigenvalue weighted by atomic mass is 10.0. The Labute approximate surface area is 170 Å². The minimum absolute atomic E-state index is 0.148. The molecule has 1 atom stereocenters. The van der Waals surface area contributed by atoms with E-state index < -0.39 is 0 Å². The first-order valence-electron chi connectivity index (χ1n) is 10.6. The van der Waals surface area contributed by atoms with Crippen LogP contribution in [0.5, 0.6) is 0 Å². The van der Waals surface area contributed by atoms with Gasteiger partial charge in [0.1, 0.15) is 0 Å². The van der Waals surface area contributed by atoms with Gasteiger partial charge in [0.15, 0.2) is 0 Å². The molecule has 1 aromatic carbocycles. The molecule has 1 heterocycles. The molecular weight excluding hydrogens is 356 g/mol. The number of hydrogen-bond donors (Lipinski definition) is 0. The maximum Gasteiger partial charge on any atom is 0.0945 e. The molecule has 2 aromatic rings. The Balaban J connectivity index is 1.68. The van der Waals surface area contributed by atoms with Crippen LogP contribution in [0.1, 0.15) is 82.8 Å². The third-order valence-corrected chi connectivity index (χ3v) is 5.25. The van der Waals surface area contributed by atoms with Crippen LogP contribution in [-0.2, 0) is 11.3 Å². The zero-order valence-corrected chi connectivity index (χ0v) is 17.5. The van der Waals surface area contributed by atoms with Crippen LogP contribution in [0, 0.1) is 0 Å². The van der Waals surface area contributed by atoms with E-state index in [-0.39, 0.29) is 6.10 Å². The van der Waals surface area contributed by atoms with E-state index in [0.717, 1.165) is 37.4 Å². The lowest BCUT2D eigenvalue weighted by Crippen LogP contribution is -2.07. The first kappa shape index (κ1) is 22.0. The van der Waals surface area contributed by atoms with Gasteiger partial charge in [0.25, 0.3) is 0 Å². The van der Waals surface area contributed by atoms with Gasteiger partial charge in [-0.1, -0.05) is 75.6 Å². The number of ether oxygens (including phenoxy) is 1. The van der Waals surface area contributed by atoms with E-state index in [1.165, 1.54) is 50.5 Å². The molecule has 1 unspecified atom stereocenters. The fourth-order valence-electron chi connectivity index (χ4n) is 3.36. The zero-order valence-electron chi connectivity index (χ0n) is 16.8. The van der Waals surface area contributed by atoms with Crippen LogP contribution < -0.4 is 0 Å². The van der Waals surface area contributed by atoms with E-state index in [4.69, 9.17) is 16.3 Å². The number of nitrogens with zero attached hydrogens (tertiary/aromatic N) is 2. The molecule has 150 valence electrons. The largest absolute Gasteiger partial charge is 0.374 e. The van der Waals surface area contributed by atoms with Crippen molar-refractivity contribution in [2.75, 3.05) is 6.61 Å². The third kappa shape index (κ3) is 9.44. The van der Waals surface area contributed by atoms with Gasteiger partial charge >= 0.3 is 0 Å². The quantitative estimate of drug-likeness (QED) is 0.300. The zero-order chi connectivity index (χ0) is 19.2. The number of halogens is 1. The normalized spacial score (nSPS) is 12.4. The number of unbranched alkanes of at least 4 members (excludes halogenated alkanes) is 7. The molecule has 0 aliphatic carbocycles. The summed E-state index contributed by atoms with van der Waals surface area (Å²) in [5, 5.41) is 0.777. The molecule has 3 nitrogen and oxygen atoms in total. The maximum atomic E-state index is 6.26. The Hall–Kier alpha value is -1.32. The molecule has 27 heavy (non-hydrogen) atoms. The van der Waals surface area contributed by atoms with Crippen molar-refractivity contribution in [3.8, 4) is 0 Å². The summed E-state index contributed by atoms with van der Waals surface area (Å²) >= 11 is 6.04. The van der Waals surface area contributed by atoms with Gasteiger partial charge in [-0.05, 0) is 37.0 Å². The van der Waals surface area contributed by atoms with Crippen LogP contribution >= 0.6 is 11.6 Å². The molecule has 0 bridgehead atoms. The number of imidazole rings is 1. The molecule has 0 aliphatic heterocycles. The average Bonchev–Trinajstić information content (AvgIpc) is 3.19. The summed E-state index contributed by atoms with van der Waals surface area (Å²) in [7, 11) is 0. The predicted octanol–water partition coefficient (Wildman–Crippen LogP) is 7.22. The highest BCUT2D eigenvalue weighted by Gasteiger charge is 2.12. The van der Waals surface area contributed by atoms with Gasteiger partial charge in [-0.25, -0.2) is 4.98 Å². The van der Waals surface area contributed by atoms with Crippen molar-refractivity contribution >= 4 is 11.6 Å². The molecule has 0 spiro atoms. The summed E-state index contributed by atoms with van der Waals surface area (Å²) in [6.07, 6.45) is 18.5. The lowest BCUT2D eigenvalue weighted by molar-refractivity contribution is 0.0418.